The molecule has 1 aromatic carbocycles. The van der Waals surface area contributed by atoms with Crippen molar-refractivity contribution in [2.75, 3.05) is 0 Å². The number of aromatic nitrogens is 2. The molecule has 1 aliphatic heterocycles. The monoisotopic (exact) mass is 215 g/mol. The van der Waals surface area contributed by atoms with Crippen molar-refractivity contribution in [1.29, 1.82) is 0 Å². The first-order chi connectivity index (χ1) is 7.74. The van der Waals surface area contributed by atoms with Gasteiger partial charge in [-0.3, -0.25) is 0 Å². The lowest BCUT2D eigenvalue weighted by molar-refractivity contribution is 0.737. The summed E-state index contributed by atoms with van der Waals surface area (Å²) in [5, 5.41) is 0. The summed E-state index contributed by atoms with van der Waals surface area (Å²) in [4.78, 5) is 4.65. The highest BCUT2D eigenvalue weighted by Crippen LogP contribution is 2.23. The van der Waals surface area contributed by atoms with Gasteiger partial charge in [-0.25, -0.2) is 4.98 Å². The molecule has 0 aliphatic carbocycles. The molecule has 0 saturated carbocycles. The van der Waals surface area contributed by atoms with Crippen LogP contribution in [0.15, 0.2) is 18.2 Å². The van der Waals surface area contributed by atoms with E-state index in [9.17, 15) is 0 Å². The molecule has 3 heteroatoms. The molecule has 1 atom stereocenters. The van der Waals surface area contributed by atoms with Crippen LogP contribution >= 0.6 is 0 Å². The number of hydrogen-bond acceptors (Lipinski definition) is 2. The van der Waals surface area contributed by atoms with Gasteiger partial charge in [0.1, 0.15) is 5.82 Å². The molecule has 0 amide bonds. The van der Waals surface area contributed by atoms with Crippen LogP contribution in [0.3, 0.4) is 0 Å². The van der Waals surface area contributed by atoms with Crippen LogP contribution < -0.4 is 5.73 Å². The van der Waals surface area contributed by atoms with Crippen molar-refractivity contribution in [3.8, 4) is 0 Å². The lowest BCUT2D eigenvalue weighted by Crippen LogP contribution is -2.17. The van der Waals surface area contributed by atoms with Crippen LogP contribution in [0, 0.1) is 0 Å². The van der Waals surface area contributed by atoms with E-state index in [1.807, 2.05) is 6.92 Å². The highest BCUT2D eigenvalue weighted by Gasteiger charge is 2.15. The SMILES string of the molecule is CC(N)Cc1ccc2nc3n(c2c1)CCC3. The Hall–Kier alpha value is -1.35. The predicted octanol–water partition coefficient (Wildman–Crippen LogP) is 1.87. The van der Waals surface area contributed by atoms with E-state index < -0.39 is 0 Å². The topological polar surface area (TPSA) is 43.8 Å². The van der Waals surface area contributed by atoms with E-state index in [0.717, 1.165) is 24.9 Å². The Morgan fingerprint density at radius 2 is 2.38 bits per heavy atom. The Bertz CT molecular complexity index is 525. The number of benzene rings is 1. The molecular formula is C13H17N3. The molecule has 16 heavy (non-hydrogen) atoms. The highest BCUT2D eigenvalue weighted by atomic mass is 15.1. The lowest BCUT2D eigenvalue weighted by atomic mass is 10.1. The zero-order valence-electron chi connectivity index (χ0n) is 9.61. The third kappa shape index (κ3) is 1.52. The fourth-order valence-electron chi connectivity index (χ4n) is 2.55. The smallest absolute Gasteiger partial charge is 0.109 e. The molecule has 0 spiro atoms. The van der Waals surface area contributed by atoms with Gasteiger partial charge in [0.25, 0.3) is 0 Å². The molecule has 2 N–H and O–H groups in total. The molecule has 1 unspecified atom stereocenters. The van der Waals surface area contributed by atoms with Crippen molar-refractivity contribution < 1.29 is 0 Å². The summed E-state index contributed by atoms with van der Waals surface area (Å²) in [5.41, 5.74) is 9.56. The second-order valence-corrected chi connectivity index (χ2v) is 4.79. The van der Waals surface area contributed by atoms with Gasteiger partial charge in [-0.1, -0.05) is 6.07 Å². The minimum Gasteiger partial charge on any atom is -0.328 e. The zero-order valence-corrected chi connectivity index (χ0v) is 9.61. The maximum atomic E-state index is 5.83. The molecule has 0 fully saturated rings. The number of fused-ring (bicyclic) bond motifs is 3. The van der Waals surface area contributed by atoms with Crippen molar-refractivity contribution in [2.45, 2.75) is 38.8 Å². The Morgan fingerprint density at radius 3 is 3.19 bits per heavy atom. The van der Waals surface area contributed by atoms with E-state index in [-0.39, 0.29) is 6.04 Å². The number of nitrogens with two attached hydrogens (primary N) is 1. The minimum atomic E-state index is 0.221. The number of nitrogens with zero attached hydrogens (tertiary/aromatic N) is 2. The molecule has 3 nitrogen and oxygen atoms in total. The van der Waals surface area contributed by atoms with Crippen molar-refractivity contribution in [3.63, 3.8) is 0 Å². The molecule has 84 valence electrons. The summed E-state index contributed by atoms with van der Waals surface area (Å²) >= 11 is 0. The van der Waals surface area contributed by atoms with Crippen LogP contribution in [0.5, 0.6) is 0 Å². The average Bonchev–Trinajstić information content (AvgIpc) is 2.77. The Balaban J connectivity index is 2.09. The molecule has 1 aliphatic rings. The first kappa shape index (κ1) is 9.85. The van der Waals surface area contributed by atoms with Gasteiger partial charge >= 0.3 is 0 Å². The van der Waals surface area contributed by atoms with Gasteiger partial charge in [-0.2, -0.15) is 0 Å². The molecule has 0 bridgehead atoms. The Kier molecular flexibility index (Phi) is 2.21. The maximum absolute atomic E-state index is 5.83. The van der Waals surface area contributed by atoms with Crippen LogP contribution in [0.25, 0.3) is 11.0 Å². The van der Waals surface area contributed by atoms with E-state index in [0.29, 0.717) is 0 Å². The molecule has 0 radical (unpaired) electrons. The molecule has 2 heterocycles. The summed E-state index contributed by atoms with van der Waals surface area (Å²) in [6.07, 6.45) is 3.30. The second kappa shape index (κ2) is 3.59. The van der Waals surface area contributed by atoms with Gasteiger partial charge in [0.05, 0.1) is 11.0 Å². The summed E-state index contributed by atoms with van der Waals surface area (Å²) in [7, 11) is 0. The van der Waals surface area contributed by atoms with E-state index in [4.69, 9.17) is 5.73 Å². The van der Waals surface area contributed by atoms with Crippen LogP contribution in [0.4, 0.5) is 0 Å². The molecule has 0 saturated heterocycles. The van der Waals surface area contributed by atoms with Gasteiger partial charge < -0.3 is 10.3 Å². The number of aryl methyl sites for hydroxylation is 2. The average molecular weight is 215 g/mol. The second-order valence-electron chi connectivity index (χ2n) is 4.79. The third-order valence-corrected chi connectivity index (χ3v) is 3.23. The standard InChI is InChI=1S/C13H17N3/c1-9(14)7-10-4-5-11-12(8-10)16-6-2-3-13(16)15-11/h4-5,8-9H,2-3,6-7,14H2,1H3. The van der Waals surface area contributed by atoms with Crippen molar-refractivity contribution >= 4 is 11.0 Å². The van der Waals surface area contributed by atoms with Gasteiger partial charge in [0, 0.05) is 19.0 Å². The third-order valence-electron chi connectivity index (χ3n) is 3.23. The highest BCUT2D eigenvalue weighted by molar-refractivity contribution is 5.77. The van der Waals surface area contributed by atoms with Crippen LogP contribution in [-0.2, 0) is 19.4 Å². The zero-order chi connectivity index (χ0) is 11.1. The number of rotatable bonds is 2. The molecule has 3 rings (SSSR count). The first-order valence-corrected chi connectivity index (χ1v) is 5.97. The predicted molar refractivity (Wildman–Crippen MR) is 65.4 cm³/mol. The normalized spacial score (nSPS) is 16.6. The van der Waals surface area contributed by atoms with E-state index >= 15 is 0 Å². The fourth-order valence-corrected chi connectivity index (χ4v) is 2.55. The van der Waals surface area contributed by atoms with Crippen molar-refractivity contribution in [2.24, 2.45) is 5.73 Å². The van der Waals surface area contributed by atoms with Gasteiger partial charge in [0.2, 0.25) is 0 Å². The summed E-state index contributed by atoms with van der Waals surface area (Å²) < 4.78 is 2.35. The van der Waals surface area contributed by atoms with E-state index in [2.05, 4.69) is 27.8 Å². The van der Waals surface area contributed by atoms with Gasteiger partial charge in [-0.05, 0) is 37.5 Å². The Labute approximate surface area is 95.3 Å². The molecule has 1 aromatic heterocycles. The number of hydrogen-bond donors (Lipinski definition) is 1. The molecular weight excluding hydrogens is 198 g/mol. The summed E-state index contributed by atoms with van der Waals surface area (Å²) in [6, 6.07) is 6.74. The van der Waals surface area contributed by atoms with Crippen LogP contribution in [0.2, 0.25) is 0 Å². The maximum Gasteiger partial charge on any atom is 0.109 e. The first-order valence-electron chi connectivity index (χ1n) is 5.97. The van der Waals surface area contributed by atoms with Gasteiger partial charge in [0.15, 0.2) is 0 Å². The van der Waals surface area contributed by atoms with E-state index in [1.165, 1.54) is 23.3 Å². The van der Waals surface area contributed by atoms with Crippen molar-refractivity contribution in [1.82, 2.24) is 9.55 Å². The summed E-state index contributed by atoms with van der Waals surface area (Å²) in [5.74, 6) is 1.24. The lowest BCUT2D eigenvalue weighted by Gasteiger charge is -2.06. The van der Waals surface area contributed by atoms with Crippen molar-refractivity contribution in [3.05, 3.63) is 29.6 Å². The number of imidazole rings is 1. The fraction of sp³-hybridized carbons (Fsp3) is 0.462. The quantitative estimate of drug-likeness (QED) is 0.831. The minimum absolute atomic E-state index is 0.221. The largest absolute Gasteiger partial charge is 0.328 e. The molecule has 2 aromatic rings. The van der Waals surface area contributed by atoms with Gasteiger partial charge in [-0.15, -0.1) is 0 Å². The van der Waals surface area contributed by atoms with E-state index in [1.54, 1.807) is 0 Å². The Morgan fingerprint density at radius 1 is 1.50 bits per heavy atom. The van der Waals surface area contributed by atoms with Crippen LogP contribution in [0.1, 0.15) is 24.7 Å². The summed E-state index contributed by atoms with van der Waals surface area (Å²) in [6.45, 7) is 3.17. The van der Waals surface area contributed by atoms with Crippen LogP contribution in [-0.4, -0.2) is 15.6 Å².